The standard InChI is InChI=1S/C39H51Cl3N2O11/c1-19-15-24-27(25(40)16-19)43-55-32-38(24,54-34(48)53-36(8,9)10)18-26(44(32)33(47)52-35(5,6)7)31(46)51-29-28(50-22(4)45)20(2)17-23-13-12-14-37(11,39(23,29)49)21(3)30(41)42/h15-17,19,23,26,28-29,32,49H,12-14,18H2,1-11H3/t19?,23-,26-,28+,29-,32+,37+,38+,39-/m0/s1. The minimum atomic E-state index is -1.93. The average molecular weight is 830 g/mol. The van der Waals surface area contributed by atoms with Crippen LogP contribution in [0, 0.1) is 17.3 Å². The summed E-state index contributed by atoms with van der Waals surface area (Å²) in [5.74, 6) is -2.61. The molecule has 1 amide bonds. The highest BCUT2D eigenvalue weighted by atomic mass is 35.5. The molecule has 5 rings (SSSR count). The van der Waals surface area contributed by atoms with Crippen molar-refractivity contribution in [2.24, 2.45) is 22.4 Å². The van der Waals surface area contributed by atoms with Gasteiger partial charge in [-0.1, -0.05) is 78.5 Å². The molecule has 0 spiro atoms. The van der Waals surface area contributed by atoms with Crippen LogP contribution in [0.15, 0.2) is 49.6 Å². The fourth-order valence-corrected chi connectivity index (χ4v) is 9.18. The normalized spacial score (nSPS) is 34.1. The number of oxime groups is 1. The van der Waals surface area contributed by atoms with Gasteiger partial charge in [0.05, 0.1) is 5.03 Å². The maximum atomic E-state index is 15.0. The molecular formula is C39H51Cl3N2O11. The van der Waals surface area contributed by atoms with Gasteiger partial charge in [0.1, 0.15) is 33.0 Å². The van der Waals surface area contributed by atoms with E-state index in [1.807, 2.05) is 13.0 Å². The zero-order valence-corrected chi connectivity index (χ0v) is 35.4. The maximum absolute atomic E-state index is 15.0. The highest BCUT2D eigenvalue weighted by Gasteiger charge is 2.69. The van der Waals surface area contributed by atoms with Crippen molar-refractivity contribution in [3.63, 3.8) is 0 Å². The van der Waals surface area contributed by atoms with Crippen molar-refractivity contribution >= 4 is 64.7 Å². The van der Waals surface area contributed by atoms with Crippen LogP contribution in [0.2, 0.25) is 0 Å². The molecule has 55 heavy (non-hydrogen) atoms. The molecule has 3 aliphatic carbocycles. The Kier molecular flexibility index (Phi) is 11.6. The molecule has 13 nitrogen and oxygen atoms in total. The number of halogens is 3. The smallest absolute Gasteiger partial charge is 0.454 e. The molecule has 2 aliphatic heterocycles. The number of hydrogen-bond acceptors (Lipinski definition) is 12. The fourth-order valence-electron chi connectivity index (χ4n) is 8.43. The van der Waals surface area contributed by atoms with Gasteiger partial charge in [-0.2, -0.15) is 0 Å². The van der Waals surface area contributed by atoms with Crippen LogP contribution in [-0.4, -0.2) is 86.8 Å². The van der Waals surface area contributed by atoms with Gasteiger partial charge in [0, 0.05) is 30.3 Å². The van der Waals surface area contributed by atoms with Crippen LogP contribution in [0.1, 0.15) is 102 Å². The summed E-state index contributed by atoms with van der Waals surface area (Å²) in [4.78, 5) is 62.4. The van der Waals surface area contributed by atoms with E-state index in [1.165, 1.54) is 6.92 Å². The third-order valence-electron chi connectivity index (χ3n) is 10.9. The summed E-state index contributed by atoms with van der Waals surface area (Å²) >= 11 is 19.4. The lowest BCUT2D eigenvalue weighted by atomic mass is 9.52. The first-order valence-corrected chi connectivity index (χ1v) is 19.5. The molecule has 1 saturated heterocycles. The van der Waals surface area contributed by atoms with Crippen molar-refractivity contribution in [1.82, 2.24) is 4.90 Å². The van der Waals surface area contributed by atoms with E-state index in [9.17, 15) is 19.5 Å². The third-order valence-corrected chi connectivity index (χ3v) is 11.8. The minimum Gasteiger partial charge on any atom is -0.454 e. The fraction of sp³-hybridized carbons (Fsp3) is 0.667. The number of amides is 1. The number of carbonyl (C=O) groups excluding carboxylic acids is 4. The van der Waals surface area contributed by atoms with Crippen molar-refractivity contribution in [2.75, 3.05) is 0 Å². The first-order chi connectivity index (χ1) is 25.3. The summed E-state index contributed by atoms with van der Waals surface area (Å²) in [7, 11) is 0. The van der Waals surface area contributed by atoms with Crippen LogP contribution in [0.4, 0.5) is 9.59 Å². The van der Waals surface area contributed by atoms with Crippen LogP contribution in [0.3, 0.4) is 0 Å². The van der Waals surface area contributed by atoms with Crippen LogP contribution in [0.25, 0.3) is 0 Å². The quantitative estimate of drug-likeness (QED) is 0.162. The minimum absolute atomic E-state index is 0.0650. The average Bonchev–Trinajstić information content (AvgIpc) is 3.37. The van der Waals surface area contributed by atoms with Crippen molar-refractivity contribution < 1.29 is 52.8 Å². The highest BCUT2D eigenvalue weighted by molar-refractivity contribution is 6.56. The molecule has 1 unspecified atom stereocenters. The first-order valence-electron chi connectivity index (χ1n) is 18.3. The maximum Gasteiger partial charge on any atom is 0.509 e. The van der Waals surface area contributed by atoms with Crippen molar-refractivity contribution in [1.29, 1.82) is 0 Å². The number of esters is 2. The first kappa shape index (κ1) is 42.9. The summed E-state index contributed by atoms with van der Waals surface area (Å²) in [6, 6.07) is -1.59. The Morgan fingerprint density at radius 1 is 1.00 bits per heavy atom. The molecule has 16 heteroatoms. The molecule has 2 heterocycles. The summed E-state index contributed by atoms with van der Waals surface area (Å²) in [6.45, 7) is 18.1. The van der Waals surface area contributed by atoms with E-state index in [2.05, 4.69) is 5.16 Å². The number of hydrogen-bond donors (Lipinski definition) is 1. The Morgan fingerprint density at radius 2 is 1.64 bits per heavy atom. The molecule has 9 atom stereocenters. The second-order valence-corrected chi connectivity index (χ2v) is 18.6. The third kappa shape index (κ3) is 7.87. The summed E-state index contributed by atoms with van der Waals surface area (Å²) in [5, 5.41) is 17.5. The molecule has 2 fully saturated rings. The predicted molar refractivity (Wildman–Crippen MR) is 204 cm³/mol. The van der Waals surface area contributed by atoms with E-state index in [0.29, 0.717) is 30.4 Å². The molecule has 1 N–H and O–H groups in total. The van der Waals surface area contributed by atoms with E-state index in [-0.39, 0.29) is 26.7 Å². The lowest BCUT2D eigenvalue weighted by molar-refractivity contribution is -0.233. The number of aliphatic hydroxyl groups is 1. The van der Waals surface area contributed by atoms with Crippen LogP contribution < -0.4 is 0 Å². The summed E-state index contributed by atoms with van der Waals surface area (Å²) in [5.41, 5.74) is -5.65. The Hall–Kier alpha value is -3.26. The number of carbonyl (C=O) groups is 4. The SMILES string of the molecule is CC(=O)O[C@@H]1C(C)=C[C@@H]2CCC[C@](C)(C(C)=C(Cl)Cl)[C@@]2(O)[C@H]1OC(=O)[C@@H]1C[C@@]2(OC(=O)OC(C)(C)C)C3=CC(C)C=C(Cl)C3=NO[C@H]2N1C(=O)OC(C)(C)C. The Balaban J connectivity index is 1.68. The van der Waals surface area contributed by atoms with Gasteiger partial charge in [0.25, 0.3) is 0 Å². The lowest BCUT2D eigenvalue weighted by Crippen LogP contribution is -2.68. The Morgan fingerprint density at radius 3 is 2.22 bits per heavy atom. The van der Waals surface area contributed by atoms with Gasteiger partial charge in [0.15, 0.2) is 12.2 Å². The zero-order valence-electron chi connectivity index (χ0n) is 33.1. The second-order valence-electron chi connectivity index (χ2n) is 17.3. The highest BCUT2D eigenvalue weighted by Crippen LogP contribution is 2.59. The predicted octanol–water partition coefficient (Wildman–Crippen LogP) is 8.15. The largest absolute Gasteiger partial charge is 0.509 e. The van der Waals surface area contributed by atoms with E-state index in [0.717, 1.165) is 4.90 Å². The number of ether oxygens (including phenoxy) is 5. The van der Waals surface area contributed by atoms with Gasteiger partial charge in [-0.05, 0) is 85.3 Å². The molecule has 1 saturated carbocycles. The molecule has 304 valence electrons. The second kappa shape index (κ2) is 14.9. The van der Waals surface area contributed by atoms with Crippen LogP contribution in [-0.2, 0) is 38.1 Å². The van der Waals surface area contributed by atoms with Gasteiger partial charge >= 0.3 is 24.2 Å². The van der Waals surface area contributed by atoms with Gasteiger partial charge < -0.3 is 33.6 Å². The van der Waals surface area contributed by atoms with Gasteiger partial charge in [0.2, 0.25) is 11.8 Å². The lowest BCUT2D eigenvalue weighted by Gasteiger charge is -2.58. The van der Waals surface area contributed by atoms with Crippen molar-refractivity contribution in [3.8, 4) is 0 Å². The van der Waals surface area contributed by atoms with Gasteiger partial charge in [-0.25, -0.2) is 14.4 Å². The summed E-state index contributed by atoms with van der Waals surface area (Å²) in [6.07, 6.45) is -0.0229. The molecule has 0 aromatic heterocycles. The molecule has 0 aromatic rings. The number of fused-ring (bicyclic) bond motifs is 4. The number of allylic oxidation sites excluding steroid dienone is 3. The monoisotopic (exact) mass is 828 g/mol. The zero-order chi connectivity index (χ0) is 41.2. The van der Waals surface area contributed by atoms with Crippen molar-refractivity contribution in [3.05, 3.63) is 44.5 Å². The van der Waals surface area contributed by atoms with Crippen LogP contribution >= 0.6 is 34.8 Å². The number of rotatable bonds is 5. The van der Waals surface area contributed by atoms with Crippen LogP contribution in [0.5, 0.6) is 0 Å². The number of nitrogens with zero attached hydrogens (tertiary/aromatic N) is 2. The van der Waals surface area contributed by atoms with Gasteiger partial charge in [-0.15, -0.1) is 0 Å². The molecule has 0 aromatic carbocycles. The van der Waals surface area contributed by atoms with Gasteiger partial charge in [-0.3, -0.25) is 9.69 Å². The molecule has 5 aliphatic rings. The van der Waals surface area contributed by atoms with Crippen molar-refractivity contribution in [2.45, 2.75) is 149 Å². The molecule has 0 radical (unpaired) electrons. The van der Waals surface area contributed by atoms with E-state index >= 15 is 4.79 Å². The Bertz CT molecular complexity index is 1790. The topological polar surface area (TPSA) is 159 Å². The Labute approximate surface area is 336 Å². The number of likely N-dealkylation sites (tertiary alicyclic amines) is 1. The molecule has 0 bridgehead atoms. The van der Waals surface area contributed by atoms with E-state index in [4.69, 9.17) is 63.3 Å². The van der Waals surface area contributed by atoms with E-state index in [1.54, 1.807) is 74.5 Å². The summed E-state index contributed by atoms with van der Waals surface area (Å²) < 4.78 is 29.7. The van der Waals surface area contributed by atoms with E-state index < -0.39 is 88.8 Å². The molecular weight excluding hydrogens is 779 g/mol.